The predicted octanol–water partition coefficient (Wildman–Crippen LogP) is 4.61. The van der Waals surface area contributed by atoms with Crippen molar-refractivity contribution in [3.8, 4) is 0 Å². The Bertz CT molecular complexity index is 338. The lowest BCUT2D eigenvalue weighted by Crippen LogP contribution is -2.28. The van der Waals surface area contributed by atoms with E-state index in [1.165, 1.54) is 0 Å². The first-order valence-corrected chi connectivity index (χ1v) is 7.12. The Labute approximate surface area is 111 Å². The van der Waals surface area contributed by atoms with Gasteiger partial charge in [-0.25, -0.2) is 4.39 Å². The molecular formula is C16H26FN. The van der Waals surface area contributed by atoms with Gasteiger partial charge in [0.2, 0.25) is 0 Å². The summed E-state index contributed by atoms with van der Waals surface area (Å²) in [6, 6.07) is 5.65. The number of hydrogen-bond acceptors (Lipinski definition) is 1. The minimum Gasteiger partial charge on any atom is -0.310 e. The van der Waals surface area contributed by atoms with E-state index in [4.69, 9.17) is 0 Å². The quantitative estimate of drug-likeness (QED) is 0.746. The van der Waals surface area contributed by atoms with E-state index < -0.39 is 0 Å². The molecule has 0 radical (unpaired) electrons. The second-order valence-electron chi connectivity index (χ2n) is 5.07. The zero-order valence-corrected chi connectivity index (χ0v) is 12.1. The van der Waals surface area contributed by atoms with Crippen LogP contribution in [0.25, 0.3) is 0 Å². The Kier molecular flexibility index (Phi) is 6.34. The van der Waals surface area contributed by atoms with Gasteiger partial charge in [-0.2, -0.15) is 0 Å². The monoisotopic (exact) mass is 251 g/mol. The lowest BCUT2D eigenvalue weighted by atomic mass is 9.88. The summed E-state index contributed by atoms with van der Waals surface area (Å²) in [5.41, 5.74) is 2.09. The van der Waals surface area contributed by atoms with Crippen molar-refractivity contribution in [2.24, 2.45) is 5.92 Å². The van der Waals surface area contributed by atoms with Crippen molar-refractivity contribution in [1.29, 1.82) is 0 Å². The Morgan fingerprint density at radius 1 is 1.11 bits per heavy atom. The van der Waals surface area contributed by atoms with Gasteiger partial charge in [-0.15, -0.1) is 0 Å². The van der Waals surface area contributed by atoms with Crippen LogP contribution >= 0.6 is 0 Å². The van der Waals surface area contributed by atoms with Crippen molar-refractivity contribution in [2.45, 2.75) is 53.0 Å². The third-order valence-electron chi connectivity index (χ3n) is 3.56. The third kappa shape index (κ3) is 4.09. The molecule has 2 heteroatoms. The van der Waals surface area contributed by atoms with Crippen molar-refractivity contribution in [3.05, 3.63) is 35.1 Å². The van der Waals surface area contributed by atoms with Crippen LogP contribution < -0.4 is 5.32 Å². The Hall–Kier alpha value is -0.890. The second kappa shape index (κ2) is 7.52. The van der Waals surface area contributed by atoms with Crippen molar-refractivity contribution in [3.63, 3.8) is 0 Å². The molecule has 1 N–H and O–H groups in total. The van der Waals surface area contributed by atoms with Gasteiger partial charge >= 0.3 is 0 Å². The summed E-state index contributed by atoms with van der Waals surface area (Å²) in [5, 5.41) is 3.58. The van der Waals surface area contributed by atoms with Crippen molar-refractivity contribution in [1.82, 2.24) is 5.32 Å². The highest BCUT2D eigenvalue weighted by Gasteiger charge is 2.20. The van der Waals surface area contributed by atoms with Crippen LogP contribution in [0.4, 0.5) is 4.39 Å². The number of hydrogen-bond donors (Lipinski definition) is 1. The van der Waals surface area contributed by atoms with Crippen molar-refractivity contribution in [2.75, 3.05) is 6.54 Å². The minimum absolute atomic E-state index is 0.126. The fraction of sp³-hybridized carbons (Fsp3) is 0.625. The lowest BCUT2D eigenvalue weighted by molar-refractivity contribution is 0.340. The topological polar surface area (TPSA) is 12.0 Å². The van der Waals surface area contributed by atoms with Gasteiger partial charge in [-0.05, 0) is 49.1 Å². The molecular weight excluding hydrogens is 225 g/mol. The van der Waals surface area contributed by atoms with E-state index in [0.717, 1.165) is 36.9 Å². The van der Waals surface area contributed by atoms with Crippen molar-refractivity contribution >= 4 is 0 Å². The minimum atomic E-state index is -0.126. The molecule has 0 aromatic heterocycles. The second-order valence-corrected chi connectivity index (χ2v) is 5.07. The highest BCUT2D eigenvalue weighted by molar-refractivity contribution is 5.26. The standard InChI is InChI=1S/C16H26FN/c1-5-8-18-16(13(6-2)7-3)14-9-12(4)10-15(17)11-14/h9-11,13,16,18H,5-8H2,1-4H3. The molecule has 0 amide bonds. The van der Waals surface area contributed by atoms with E-state index in [-0.39, 0.29) is 11.9 Å². The van der Waals surface area contributed by atoms with Crippen molar-refractivity contribution < 1.29 is 4.39 Å². The molecule has 1 unspecified atom stereocenters. The molecule has 102 valence electrons. The van der Waals surface area contributed by atoms with Gasteiger partial charge in [0.1, 0.15) is 5.82 Å². The van der Waals surface area contributed by atoms with E-state index in [1.54, 1.807) is 12.1 Å². The largest absolute Gasteiger partial charge is 0.310 e. The Morgan fingerprint density at radius 3 is 2.28 bits per heavy atom. The van der Waals surface area contributed by atoms with E-state index >= 15 is 0 Å². The number of benzene rings is 1. The van der Waals surface area contributed by atoms with Crippen LogP contribution in [0.15, 0.2) is 18.2 Å². The molecule has 0 spiro atoms. The molecule has 0 saturated heterocycles. The zero-order valence-electron chi connectivity index (χ0n) is 12.1. The van der Waals surface area contributed by atoms with Crippen LogP contribution in [-0.4, -0.2) is 6.54 Å². The van der Waals surface area contributed by atoms with Crippen LogP contribution in [0.2, 0.25) is 0 Å². The van der Waals surface area contributed by atoms with Gasteiger partial charge in [0.05, 0.1) is 0 Å². The molecule has 0 bridgehead atoms. The first kappa shape index (κ1) is 15.2. The van der Waals surface area contributed by atoms with Crippen LogP contribution in [0.5, 0.6) is 0 Å². The van der Waals surface area contributed by atoms with Crippen LogP contribution in [0.3, 0.4) is 0 Å². The summed E-state index contributed by atoms with van der Waals surface area (Å²) in [6.07, 6.45) is 3.34. The van der Waals surface area contributed by atoms with E-state index in [2.05, 4.69) is 32.2 Å². The summed E-state index contributed by atoms with van der Waals surface area (Å²) < 4.78 is 13.6. The van der Waals surface area contributed by atoms with Gasteiger partial charge in [0, 0.05) is 6.04 Å². The molecule has 1 nitrogen and oxygen atoms in total. The van der Waals surface area contributed by atoms with Gasteiger partial charge in [-0.3, -0.25) is 0 Å². The maximum absolute atomic E-state index is 13.6. The summed E-state index contributed by atoms with van der Waals surface area (Å²) in [5.74, 6) is 0.442. The van der Waals surface area contributed by atoms with Gasteiger partial charge in [0.25, 0.3) is 0 Å². The fourth-order valence-corrected chi connectivity index (χ4v) is 2.56. The Balaban J connectivity index is 2.99. The molecule has 0 heterocycles. The van der Waals surface area contributed by atoms with Gasteiger partial charge in [0.15, 0.2) is 0 Å². The van der Waals surface area contributed by atoms with E-state index in [9.17, 15) is 4.39 Å². The maximum Gasteiger partial charge on any atom is 0.123 e. The first-order chi connectivity index (χ1) is 8.62. The molecule has 0 aliphatic rings. The number of nitrogens with one attached hydrogen (secondary N) is 1. The lowest BCUT2D eigenvalue weighted by Gasteiger charge is -2.27. The Morgan fingerprint density at radius 2 is 1.78 bits per heavy atom. The number of aryl methyl sites for hydroxylation is 1. The van der Waals surface area contributed by atoms with Gasteiger partial charge < -0.3 is 5.32 Å². The summed E-state index contributed by atoms with van der Waals surface area (Å²) in [6.45, 7) is 9.52. The fourth-order valence-electron chi connectivity index (χ4n) is 2.56. The molecule has 18 heavy (non-hydrogen) atoms. The molecule has 1 rings (SSSR count). The first-order valence-electron chi connectivity index (χ1n) is 7.12. The van der Waals surface area contributed by atoms with Crippen LogP contribution in [0.1, 0.15) is 57.2 Å². The number of rotatable bonds is 7. The average Bonchev–Trinajstić information content (AvgIpc) is 2.33. The SMILES string of the molecule is CCCNC(c1cc(C)cc(F)c1)C(CC)CC. The normalized spacial score (nSPS) is 13.0. The molecule has 0 aliphatic heterocycles. The maximum atomic E-state index is 13.6. The molecule has 1 atom stereocenters. The highest BCUT2D eigenvalue weighted by atomic mass is 19.1. The molecule has 0 fully saturated rings. The van der Waals surface area contributed by atoms with Crippen LogP contribution in [-0.2, 0) is 0 Å². The molecule has 0 saturated carbocycles. The molecule has 1 aromatic rings. The third-order valence-corrected chi connectivity index (χ3v) is 3.56. The van der Waals surface area contributed by atoms with Crippen LogP contribution in [0, 0.1) is 18.7 Å². The molecule has 0 aliphatic carbocycles. The number of halogens is 1. The highest BCUT2D eigenvalue weighted by Crippen LogP contribution is 2.28. The average molecular weight is 251 g/mol. The summed E-state index contributed by atoms with van der Waals surface area (Å²) >= 11 is 0. The van der Waals surface area contributed by atoms with E-state index in [0.29, 0.717) is 5.92 Å². The van der Waals surface area contributed by atoms with E-state index in [1.807, 2.05) is 6.92 Å². The van der Waals surface area contributed by atoms with Gasteiger partial charge in [-0.1, -0.05) is 39.7 Å². The smallest absolute Gasteiger partial charge is 0.123 e. The summed E-state index contributed by atoms with van der Waals surface area (Å²) in [4.78, 5) is 0. The summed E-state index contributed by atoms with van der Waals surface area (Å²) in [7, 11) is 0. The molecule has 1 aromatic carbocycles. The predicted molar refractivity (Wildman–Crippen MR) is 76.2 cm³/mol. The zero-order chi connectivity index (χ0) is 13.5.